The van der Waals surface area contributed by atoms with Crippen molar-refractivity contribution in [2.75, 3.05) is 32.7 Å². The van der Waals surface area contributed by atoms with Crippen LogP contribution in [0.15, 0.2) is 34.2 Å². The Kier molecular flexibility index (Phi) is 5.76. The lowest BCUT2D eigenvalue weighted by Crippen LogP contribution is -2.46. The van der Waals surface area contributed by atoms with Gasteiger partial charge in [0.1, 0.15) is 12.4 Å². The van der Waals surface area contributed by atoms with E-state index in [0.717, 1.165) is 12.8 Å². The van der Waals surface area contributed by atoms with E-state index in [1.54, 1.807) is 23.1 Å². The molecule has 1 fully saturated rings. The van der Waals surface area contributed by atoms with E-state index < -0.39 is 10.0 Å². The summed E-state index contributed by atoms with van der Waals surface area (Å²) in [6.45, 7) is 1.50. The van der Waals surface area contributed by atoms with Crippen LogP contribution in [-0.2, 0) is 19.6 Å². The fourth-order valence-corrected chi connectivity index (χ4v) is 4.51. The third-order valence-corrected chi connectivity index (χ3v) is 6.02. The van der Waals surface area contributed by atoms with E-state index in [1.807, 2.05) is 0 Å². The van der Waals surface area contributed by atoms with Crippen molar-refractivity contribution in [3.8, 4) is 0 Å². The van der Waals surface area contributed by atoms with Crippen LogP contribution in [0, 0.1) is 5.92 Å². The lowest BCUT2D eigenvalue weighted by Gasteiger charge is -2.31. The number of benzene rings is 1. The number of hydrogen-bond donors (Lipinski definition) is 3. The number of hydrogen-bond acceptors (Lipinski definition) is 6. The zero-order valence-corrected chi connectivity index (χ0v) is 15.7. The summed E-state index contributed by atoms with van der Waals surface area (Å²) in [6, 6.07) is 6.50. The van der Waals surface area contributed by atoms with E-state index in [2.05, 4.69) is 15.0 Å². The summed E-state index contributed by atoms with van der Waals surface area (Å²) >= 11 is 0. The highest BCUT2D eigenvalue weighted by Crippen LogP contribution is 2.22. The number of likely N-dealkylation sites (tertiary alicyclic amines) is 1. The summed E-state index contributed by atoms with van der Waals surface area (Å²) in [7, 11) is -3.63. The number of carbonyl (C=O) groups excluding carboxylic acids is 2. The minimum Gasteiger partial charge on any atom is -0.355 e. The number of piperidine rings is 1. The minimum absolute atomic E-state index is 0.0956. The van der Waals surface area contributed by atoms with Crippen LogP contribution in [0.3, 0.4) is 0 Å². The van der Waals surface area contributed by atoms with Crippen LogP contribution in [0.1, 0.15) is 18.4 Å². The van der Waals surface area contributed by atoms with Crippen molar-refractivity contribution in [2.45, 2.75) is 17.7 Å². The maximum atomic E-state index is 12.5. The minimum atomic E-state index is -3.63. The van der Waals surface area contributed by atoms with Crippen molar-refractivity contribution in [1.29, 1.82) is 0 Å². The molecule has 0 aromatic heterocycles. The Morgan fingerprint density at radius 3 is 2.89 bits per heavy atom. The first-order chi connectivity index (χ1) is 12.9. The van der Waals surface area contributed by atoms with Crippen molar-refractivity contribution in [1.82, 2.24) is 14.9 Å². The van der Waals surface area contributed by atoms with E-state index in [-0.39, 0.29) is 35.0 Å². The van der Waals surface area contributed by atoms with Gasteiger partial charge in [0.2, 0.25) is 11.8 Å². The number of sulfonamides is 1. The summed E-state index contributed by atoms with van der Waals surface area (Å²) in [5.74, 6) is -0.412. The second-order valence-corrected chi connectivity index (χ2v) is 8.18. The van der Waals surface area contributed by atoms with Crippen molar-refractivity contribution < 1.29 is 18.0 Å². The average Bonchev–Trinajstić information content (AvgIpc) is 2.95. The molecule has 0 radical (unpaired) electrons. The lowest BCUT2D eigenvalue weighted by molar-refractivity contribution is -0.134. The molecule has 10 heteroatoms. The van der Waals surface area contributed by atoms with Gasteiger partial charge >= 0.3 is 0 Å². The molecule has 9 nitrogen and oxygen atoms in total. The van der Waals surface area contributed by atoms with Gasteiger partial charge in [-0.3, -0.25) is 19.3 Å². The molecule has 3 rings (SSSR count). The smallest absolute Gasteiger partial charge is 0.263 e. The molecular weight excluding hydrogens is 370 g/mol. The maximum absolute atomic E-state index is 12.5. The van der Waals surface area contributed by atoms with E-state index in [0.29, 0.717) is 31.7 Å². The molecule has 0 bridgehead atoms. The Bertz CT molecular complexity index is 868. The summed E-state index contributed by atoms with van der Waals surface area (Å²) in [5.41, 5.74) is 5.85. The van der Waals surface area contributed by atoms with Crippen LogP contribution in [-0.4, -0.2) is 63.7 Å². The second-order valence-electron chi connectivity index (χ2n) is 6.53. The van der Waals surface area contributed by atoms with E-state index in [9.17, 15) is 18.0 Å². The van der Waals surface area contributed by atoms with E-state index in [1.165, 1.54) is 6.07 Å². The number of aliphatic imine (C=N–C) groups is 1. The van der Waals surface area contributed by atoms with Crippen molar-refractivity contribution in [3.63, 3.8) is 0 Å². The molecule has 1 aromatic carbocycles. The molecule has 0 spiro atoms. The Labute approximate surface area is 158 Å². The van der Waals surface area contributed by atoms with Crippen LogP contribution >= 0.6 is 0 Å². The molecule has 2 aliphatic heterocycles. The Morgan fingerprint density at radius 2 is 2.11 bits per heavy atom. The van der Waals surface area contributed by atoms with Crippen molar-refractivity contribution >= 4 is 27.7 Å². The van der Waals surface area contributed by atoms with Gasteiger partial charge in [-0.05, 0) is 25.0 Å². The predicted octanol–water partition coefficient (Wildman–Crippen LogP) is -0.961. The average molecular weight is 393 g/mol. The molecule has 2 aliphatic rings. The normalized spacial score (nSPS) is 22.2. The molecule has 4 N–H and O–H groups in total. The number of amidine groups is 1. The SMILES string of the molecule is NCCNC(=O)C1CCCN(C(=O)CN=C2NS(=O)(=O)c3ccccc32)C1. The number of nitrogens with zero attached hydrogens (tertiary/aromatic N) is 2. The van der Waals surface area contributed by atoms with Gasteiger partial charge in [-0.2, -0.15) is 0 Å². The molecule has 146 valence electrons. The van der Waals surface area contributed by atoms with Crippen molar-refractivity contribution in [2.24, 2.45) is 16.6 Å². The fraction of sp³-hybridized carbons (Fsp3) is 0.471. The monoisotopic (exact) mass is 393 g/mol. The van der Waals surface area contributed by atoms with Crippen LogP contribution < -0.4 is 15.8 Å². The molecule has 1 saturated heterocycles. The molecular formula is C17H23N5O4S. The highest BCUT2D eigenvalue weighted by Gasteiger charge is 2.31. The Balaban J connectivity index is 1.64. The van der Waals surface area contributed by atoms with Crippen LogP contribution in [0.25, 0.3) is 0 Å². The standard InChI is InChI=1S/C17H23N5O4S/c18-7-8-19-17(24)12-4-3-9-22(11-12)15(23)10-20-16-13-5-1-2-6-14(13)27(25,26)21-16/h1-2,5-6,12H,3-4,7-11,18H2,(H,19,24)(H,20,21). The number of nitrogens with one attached hydrogen (secondary N) is 2. The van der Waals surface area contributed by atoms with Crippen LogP contribution in [0.2, 0.25) is 0 Å². The van der Waals surface area contributed by atoms with Gasteiger partial charge in [-0.1, -0.05) is 12.1 Å². The van der Waals surface area contributed by atoms with Gasteiger partial charge in [-0.15, -0.1) is 0 Å². The zero-order chi connectivity index (χ0) is 19.4. The molecule has 1 unspecified atom stereocenters. The Morgan fingerprint density at radius 1 is 1.33 bits per heavy atom. The van der Waals surface area contributed by atoms with E-state index >= 15 is 0 Å². The first kappa shape index (κ1) is 19.3. The molecule has 1 atom stereocenters. The summed E-state index contributed by atoms with van der Waals surface area (Å²) in [6.07, 6.45) is 1.46. The van der Waals surface area contributed by atoms with Crippen LogP contribution in [0.5, 0.6) is 0 Å². The van der Waals surface area contributed by atoms with Crippen LogP contribution in [0.4, 0.5) is 0 Å². The van der Waals surface area contributed by atoms with Gasteiger partial charge in [0.25, 0.3) is 10.0 Å². The predicted molar refractivity (Wildman–Crippen MR) is 99.5 cm³/mol. The fourth-order valence-electron chi connectivity index (χ4n) is 3.26. The summed E-state index contributed by atoms with van der Waals surface area (Å²) in [5, 5.41) is 2.75. The number of amides is 2. The van der Waals surface area contributed by atoms with Gasteiger partial charge in [0.15, 0.2) is 0 Å². The lowest BCUT2D eigenvalue weighted by atomic mass is 9.97. The quantitative estimate of drug-likeness (QED) is 0.592. The number of rotatable bonds is 5. The first-order valence-electron chi connectivity index (χ1n) is 8.84. The molecule has 0 saturated carbocycles. The highest BCUT2D eigenvalue weighted by molar-refractivity contribution is 7.90. The highest BCUT2D eigenvalue weighted by atomic mass is 32.2. The summed E-state index contributed by atoms with van der Waals surface area (Å²) in [4.78, 5) is 30.5. The zero-order valence-electron chi connectivity index (χ0n) is 14.8. The number of fused-ring (bicyclic) bond motifs is 1. The molecule has 1 aromatic rings. The van der Waals surface area contributed by atoms with Gasteiger partial charge in [-0.25, -0.2) is 8.42 Å². The number of carbonyl (C=O) groups is 2. The van der Waals surface area contributed by atoms with Crippen molar-refractivity contribution in [3.05, 3.63) is 29.8 Å². The topological polar surface area (TPSA) is 134 Å². The molecule has 2 amide bonds. The molecule has 2 heterocycles. The molecule has 27 heavy (non-hydrogen) atoms. The van der Waals surface area contributed by atoms with Gasteiger partial charge in [0, 0.05) is 31.7 Å². The van der Waals surface area contributed by atoms with Gasteiger partial charge < -0.3 is 16.0 Å². The second kappa shape index (κ2) is 8.05. The number of nitrogens with two attached hydrogens (primary N) is 1. The van der Waals surface area contributed by atoms with Gasteiger partial charge in [0.05, 0.1) is 10.8 Å². The summed E-state index contributed by atoms with van der Waals surface area (Å²) < 4.78 is 26.5. The van der Waals surface area contributed by atoms with E-state index in [4.69, 9.17) is 5.73 Å². The maximum Gasteiger partial charge on any atom is 0.263 e. The third-order valence-electron chi connectivity index (χ3n) is 4.62. The first-order valence-corrected chi connectivity index (χ1v) is 10.3. The Hall–Kier alpha value is -2.46. The largest absolute Gasteiger partial charge is 0.355 e. The molecule has 0 aliphatic carbocycles. The third kappa shape index (κ3) is 4.28.